The van der Waals surface area contributed by atoms with Gasteiger partial charge in [-0.2, -0.15) is 0 Å². The van der Waals surface area contributed by atoms with Crippen molar-refractivity contribution in [3.63, 3.8) is 0 Å². The number of carbonyl (C=O) groups excluding carboxylic acids is 1. The zero-order valence-electron chi connectivity index (χ0n) is 16.7. The van der Waals surface area contributed by atoms with Crippen molar-refractivity contribution in [2.24, 2.45) is 0 Å². The highest BCUT2D eigenvalue weighted by Gasteiger charge is 2.47. The number of rotatable bonds is 4. The van der Waals surface area contributed by atoms with Crippen LogP contribution in [0, 0.1) is 0 Å². The van der Waals surface area contributed by atoms with E-state index in [1.807, 2.05) is 0 Å². The maximum atomic E-state index is 12.3. The predicted octanol–water partition coefficient (Wildman–Crippen LogP) is 3.99. The van der Waals surface area contributed by atoms with Crippen molar-refractivity contribution < 1.29 is 4.79 Å². The van der Waals surface area contributed by atoms with E-state index >= 15 is 0 Å². The van der Waals surface area contributed by atoms with Crippen LogP contribution in [0.25, 0.3) is 0 Å². The number of nitrogens with zero attached hydrogens (tertiary/aromatic N) is 1. The summed E-state index contributed by atoms with van der Waals surface area (Å²) in [5, 5.41) is 9.72. The predicted molar refractivity (Wildman–Crippen MR) is 112 cm³/mol. The van der Waals surface area contributed by atoms with Crippen LogP contribution in [0.2, 0.25) is 0 Å². The van der Waals surface area contributed by atoms with Crippen LogP contribution in [0.4, 0.5) is 16.2 Å². The summed E-state index contributed by atoms with van der Waals surface area (Å²) < 4.78 is 1.11. The summed E-state index contributed by atoms with van der Waals surface area (Å²) >= 11 is 0. The molecule has 0 aromatic heterocycles. The lowest BCUT2D eigenvalue weighted by Crippen LogP contribution is -2.59. The fourth-order valence-corrected chi connectivity index (χ4v) is 5.69. The molecule has 0 radical (unpaired) electrons. The minimum atomic E-state index is -0.0620. The Bertz CT molecular complexity index is 634. The highest BCUT2D eigenvalue weighted by atomic mass is 16.2. The first-order valence-corrected chi connectivity index (χ1v) is 10.9. The second-order valence-electron chi connectivity index (χ2n) is 8.77. The monoisotopic (exact) mass is 371 g/mol. The lowest BCUT2D eigenvalue weighted by Gasteiger charge is -2.43. The third-order valence-corrected chi connectivity index (χ3v) is 7.17. The van der Waals surface area contributed by atoms with Crippen molar-refractivity contribution in [1.82, 2.24) is 15.1 Å². The van der Waals surface area contributed by atoms with Crippen molar-refractivity contribution in [3.05, 3.63) is 24.3 Å². The number of quaternary nitrogens is 1. The minimum absolute atomic E-state index is 0.0620. The maximum absolute atomic E-state index is 12.3. The van der Waals surface area contributed by atoms with E-state index in [9.17, 15) is 4.79 Å². The Morgan fingerprint density at radius 2 is 1.81 bits per heavy atom. The molecule has 2 aliphatic heterocycles. The summed E-state index contributed by atoms with van der Waals surface area (Å²) in [5.41, 5.74) is 2.30. The summed E-state index contributed by atoms with van der Waals surface area (Å²) in [6.07, 6.45) is 9.85. The molecule has 2 saturated heterocycles. The van der Waals surface area contributed by atoms with Gasteiger partial charge in [0.15, 0.2) is 0 Å². The lowest BCUT2D eigenvalue weighted by atomic mass is 9.96. The van der Waals surface area contributed by atoms with E-state index in [1.54, 1.807) is 0 Å². The van der Waals surface area contributed by atoms with Gasteiger partial charge in [0.1, 0.15) is 11.7 Å². The van der Waals surface area contributed by atoms with Crippen LogP contribution >= 0.6 is 0 Å². The van der Waals surface area contributed by atoms with E-state index < -0.39 is 0 Å². The summed E-state index contributed by atoms with van der Waals surface area (Å²) in [7, 11) is 0. The van der Waals surface area contributed by atoms with Gasteiger partial charge in [-0.1, -0.05) is 19.3 Å². The molecule has 4 rings (SSSR count). The number of benzene rings is 1. The molecule has 1 saturated carbocycles. The SMILES string of the molecule is CC1CCC[N+]1(c1ccc(NC(=O)NC2CCCCC2)cc1)C1CCNC1. The molecule has 0 spiro atoms. The van der Waals surface area contributed by atoms with E-state index in [4.69, 9.17) is 0 Å². The van der Waals surface area contributed by atoms with Crippen LogP contribution < -0.4 is 20.4 Å². The van der Waals surface area contributed by atoms with Gasteiger partial charge in [-0.05, 0) is 31.9 Å². The fraction of sp³-hybridized carbons (Fsp3) is 0.682. The van der Waals surface area contributed by atoms with Gasteiger partial charge in [-0.25, -0.2) is 4.79 Å². The highest BCUT2D eigenvalue weighted by Crippen LogP contribution is 2.39. The van der Waals surface area contributed by atoms with E-state index in [-0.39, 0.29) is 6.03 Å². The number of hydrogen-bond donors (Lipinski definition) is 3. The van der Waals surface area contributed by atoms with Crippen molar-refractivity contribution in [2.45, 2.75) is 76.4 Å². The number of urea groups is 1. The molecule has 3 aliphatic rings. The highest BCUT2D eigenvalue weighted by molar-refractivity contribution is 5.89. The average molecular weight is 372 g/mol. The van der Waals surface area contributed by atoms with Crippen molar-refractivity contribution in [2.75, 3.05) is 25.0 Å². The van der Waals surface area contributed by atoms with Gasteiger partial charge in [-0.3, -0.25) is 4.48 Å². The first kappa shape index (κ1) is 18.8. The topological polar surface area (TPSA) is 53.2 Å². The van der Waals surface area contributed by atoms with Gasteiger partial charge in [0.25, 0.3) is 0 Å². The van der Waals surface area contributed by atoms with Gasteiger partial charge in [-0.15, -0.1) is 0 Å². The molecule has 1 aromatic carbocycles. The van der Waals surface area contributed by atoms with Crippen LogP contribution in [0.3, 0.4) is 0 Å². The molecule has 3 atom stereocenters. The zero-order chi connectivity index (χ0) is 18.7. The Morgan fingerprint density at radius 1 is 1.04 bits per heavy atom. The number of hydrogen-bond acceptors (Lipinski definition) is 2. The smallest absolute Gasteiger partial charge is 0.319 e. The standard InChI is InChI=1S/C22H34N4O/c1-17-6-5-15-26(17,21-13-14-23-16-21)20-11-9-19(10-12-20)25-22(27)24-18-7-3-2-4-8-18/h9-12,17-18,21,23H,2-8,13-16H2,1H3,(H-,24,25,27)/p+1. The van der Waals surface area contributed by atoms with Crippen LogP contribution in [-0.2, 0) is 0 Å². The van der Waals surface area contributed by atoms with Gasteiger partial charge < -0.3 is 16.0 Å². The Hall–Kier alpha value is -1.59. The molecule has 3 fully saturated rings. The van der Waals surface area contributed by atoms with Crippen LogP contribution in [0.1, 0.15) is 58.3 Å². The Kier molecular flexibility index (Phi) is 5.69. The Morgan fingerprint density at radius 3 is 2.44 bits per heavy atom. The molecular weight excluding hydrogens is 336 g/mol. The molecule has 2 amide bonds. The van der Waals surface area contributed by atoms with Crippen molar-refractivity contribution in [3.8, 4) is 0 Å². The summed E-state index contributed by atoms with van der Waals surface area (Å²) in [5.74, 6) is 0. The molecule has 148 valence electrons. The van der Waals surface area contributed by atoms with Crippen LogP contribution in [0.5, 0.6) is 0 Å². The van der Waals surface area contributed by atoms with Gasteiger partial charge in [0, 0.05) is 56.2 Å². The third-order valence-electron chi connectivity index (χ3n) is 7.17. The normalized spacial score (nSPS) is 31.7. The van der Waals surface area contributed by atoms with Gasteiger partial charge in [0.2, 0.25) is 0 Å². The zero-order valence-corrected chi connectivity index (χ0v) is 16.7. The molecule has 5 nitrogen and oxygen atoms in total. The molecule has 2 heterocycles. The first-order chi connectivity index (χ1) is 13.2. The fourth-order valence-electron chi connectivity index (χ4n) is 5.69. The molecule has 3 N–H and O–H groups in total. The van der Waals surface area contributed by atoms with Crippen LogP contribution in [-0.4, -0.2) is 43.8 Å². The number of nitrogens with one attached hydrogen (secondary N) is 3. The van der Waals surface area contributed by atoms with Gasteiger partial charge in [0.05, 0.1) is 12.6 Å². The quantitative estimate of drug-likeness (QED) is 0.701. The molecule has 27 heavy (non-hydrogen) atoms. The number of likely N-dealkylation sites (tertiary alicyclic amines) is 1. The maximum Gasteiger partial charge on any atom is 0.319 e. The third kappa shape index (κ3) is 3.85. The van der Waals surface area contributed by atoms with Crippen molar-refractivity contribution in [1.29, 1.82) is 0 Å². The van der Waals surface area contributed by atoms with E-state index in [0.717, 1.165) is 36.1 Å². The first-order valence-electron chi connectivity index (χ1n) is 10.9. The number of anilines is 1. The molecular formula is C22H35N4O+. The Balaban J connectivity index is 1.43. The van der Waals surface area contributed by atoms with Crippen LogP contribution in [0.15, 0.2) is 24.3 Å². The molecule has 0 bridgehead atoms. The summed E-state index contributed by atoms with van der Waals surface area (Å²) in [4.78, 5) is 12.3. The largest absolute Gasteiger partial charge is 0.335 e. The average Bonchev–Trinajstić information content (AvgIpc) is 3.33. The second-order valence-corrected chi connectivity index (χ2v) is 8.77. The van der Waals surface area contributed by atoms with E-state index in [0.29, 0.717) is 18.1 Å². The van der Waals surface area contributed by atoms with Gasteiger partial charge >= 0.3 is 6.03 Å². The molecule has 3 unspecified atom stereocenters. The summed E-state index contributed by atoms with van der Waals surface area (Å²) in [6, 6.07) is 10.3. The number of carbonyl (C=O) groups is 1. The number of amides is 2. The van der Waals surface area contributed by atoms with E-state index in [2.05, 4.69) is 47.1 Å². The summed E-state index contributed by atoms with van der Waals surface area (Å²) in [6.45, 7) is 5.91. The molecule has 1 aromatic rings. The van der Waals surface area contributed by atoms with E-state index in [1.165, 1.54) is 50.8 Å². The minimum Gasteiger partial charge on any atom is -0.335 e. The van der Waals surface area contributed by atoms with Crippen molar-refractivity contribution >= 4 is 17.4 Å². The molecule has 5 heteroatoms. The Labute approximate surface area is 163 Å². The molecule has 1 aliphatic carbocycles. The second kappa shape index (κ2) is 8.19. The lowest BCUT2D eigenvalue weighted by molar-refractivity contribution is 0.203.